The van der Waals surface area contributed by atoms with Gasteiger partial charge in [-0.25, -0.2) is 0 Å². The number of carbonyl (C=O) groups is 1. The fourth-order valence-corrected chi connectivity index (χ4v) is 3.18. The van der Waals surface area contributed by atoms with Crippen LogP contribution in [0.4, 0.5) is 0 Å². The molecule has 17 heavy (non-hydrogen) atoms. The zero-order valence-electron chi connectivity index (χ0n) is 10.6. The Hall–Kier alpha value is -0.610. The Kier molecular flexibility index (Phi) is 4.40. The predicted molar refractivity (Wildman–Crippen MR) is 65.0 cm³/mol. The van der Waals surface area contributed by atoms with E-state index >= 15 is 0 Å². The molecule has 0 spiro atoms. The van der Waals surface area contributed by atoms with Gasteiger partial charge in [0.2, 0.25) is 0 Å². The van der Waals surface area contributed by atoms with E-state index < -0.39 is 5.97 Å². The SMILES string of the molecule is COC1CCCC(N2CCC(C(=O)O)CC2)C1. The molecule has 4 nitrogen and oxygen atoms in total. The molecule has 2 fully saturated rings. The highest BCUT2D eigenvalue weighted by Crippen LogP contribution is 2.28. The molecule has 0 aromatic heterocycles. The summed E-state index contributed by atoms with van der Waals surface area (Å²) in [7, 11) is 1.80. The van der Waals surface area contributed by atoms with Crippen LogP contribution in [0.5, 0.6) is 0 Å². The number of carboxylic acid groups (broad SMARTS) is 1. The number of rotatable bonds is 3. The summed E-state index contributed by atoms with van der Waals surface area (Å²) in [4.78, 5) is 13.4. The summed E-state index contributed by atoms with van der Waals surface area (Å²) in [5.41, 5.74) is 0. The number of hydrogen-bond donors (Lipinski definition) is 1. The van der Waals surface area contributed by atoms with Crippen molar-refractivity contribution in [2.24, 2.45) is 5.92 Å². The zero-order chi connectivity index (χ0) is 12.3. The van der Waals surface area contributed by atoms with Crippen molar-refractivity contribution in [1.29, 1.82) is 0 Å². The summed E-state index contributed by atoms with van der Waals surface area (Å²) >= 11 is 0. The third-order valence-corrected chi connectivity index (χ3v) is 4.33. The number of hydrogen-bond acceptors (Lipinski definition) is 3. The van der Waals surface area contributed by atoms with Gasteiger partial charge in [0, 0.05) is 13.2 Å². The molecular weight excluding hydrogens is 218 g/mol. The summed E-state index contributed by atoms with van der Waals surface area (Å²) < 4.78 is 5.45. The van der Waals surface area contributed by atoms with Gasteiger partial charge in [-0.1, -0.05) is 0 Å². The molecular formula is C13H23NO3. The van der Waals surface area contributed by atoms with E-state index in [1.165, 1.54) is 19.3 Å². The second-order valence-corrected chi connectivity index (χ2v) is 5.33. The fraction of sp³-hybridized carbons (Fsp3) is 0.923. The second-order valence-electron chi connectivity index (χ2n) is 5.33. The van der Waals surface area contributed by atoms with Gasteiger partial charge in [-0.05, 0) is 51.6 Å². The number of methoxy groups -OCH3 is 1. The predicted octanol–water partition coefficient (Wildman–Crippen LogP) is 1.74. The highest BCUT2D eigenvalue weighted by Gasteiger charge is 2.31. The first-order valence-electron chi connectivity index (χ1n) is 6.70. The number of aliphatic carboxylic acids is 1. The highest BCUT2D eigenvalue weighted by atomic mass is 16.5. The van der Waals surface area contributed by atoms with E-state index in [0.717, 1.165) is 32.4 Å². The van der Waals surface area contributed by atoms with E-state index in [2.05, 4.69) is 4.90 Å². The van der Waals surface area contributed by atoms with Crippen molar-refractivity contribution >= 4 is 5.97 Å². The smallest absolute Gasteiger partial charge is 0.306 e. The Balaban J connectivity index is 1.81. The van der Waals surface area contributed by atoms with Crippen LogP contribution in [0.2, 0.25) is 0 Å². The minimum atomic E-state index is -0.622. The number of nitrogens with zero attached hydrogens (tertiary/aromatic N) is 1. The van der Waals surface area contributed by atoms with Crippen molar-refractivity contribution in [3.63, 3.8) is 0 Å². The summed E-state index contributed by atoms with van der Waals surface area (Å²) in [6, 6.07) is 0.614. The van der Waals surface area contributed by atoms with Crippen LogP contribution in [0.3, 0.4) is 0 Å². The molecule has 2 atom stereocenters. The van der Waals surface area contributed by atoms with E-state index in [-0.39, 0.29) is 5.92 Å². The lowest BCUT2D eigenvalue weighted by atomic mass is 9.88. The number of piperidine rings is 1. The van der Waals surface area contributed by atoms with E-state index in [4.69, 9.17) is 9.84 Å². The standard InChI is InChI=1S/C13H23NO3/c1-17-12-4-2-3-11(9-12)14-7-5-10(6-8-14)13(15)16/h10-12H,2-9H2,1H3,(H,15,16). The largest absolute Gasteiger partial charge is 0.481 e. The van der Waals surface area contributed by atoms with Gasteiger partial charge in [0.15, 0.2) is 0 Å². The Morgan fingerprint density at radius 3 is 2.53 bits per heavy atom. The Bertz CT molecular complexity index is 261. The van der Waals surface area contributed by atoms with Crippen molar-refractivity contribution in [3.8, 4) is 0 Å². The molecule has 1 aliphatic heterocycles. The molecule has 2 rings (SSSR count). The first-order valence-corrected chi connectivity index (χ1v) is 6.70. The molecule has 1 saturated heterocycles. The number of carboxylic acids is 1. The maximum Gasteiger partial charge on any atom is 0.306 e. The minimum Gasteiger partial charge on any atom is -0.481 e. The van der Waals surface area contributed by atoms with Gasteiger partial charge in [0.1, 0.15) is 0 Å². The van der Waals surface area contributed by atoms with Gasteiger partial charge >= 0.3 is 5.97 Å². The van der Waals surface area contributed by atoms with Crippen LogP contribution >= 0.6 is 0 Å². The Morgan fingerprint density at radius 2 is 1.94 bits per heavy atom. The van der Waals surface area contributed by atoms with Gasteiger partial charge in [0.25, 0.3) is 0 Å². The fourth-order valence-electron chi connectivity index (χ4n) is 3.18. The summed E-state index contributed by atoms with van der Waals surface area (Å²) in [5, 5.41) is 8.98. The van der Waals surface area contributed by atoms with Gasteiger partial charge in [0.05, 0.1) is 12.0 Å². The normalized spacial score (nSPS) is 32.5. The van der Waals surface area contributed by atoms with Crippen molar-refractivity contribution in [2.45, 2.75) is 50.7 Å². The van der Waals surface area contributed by atoms with Gasteiger partial charge in [-0.15, -0.1) is 0 Å². The molecule has 0 radical (unpaired) electrons. The average Bonchev–Trinajstić information content (AvgIpc) is 2.39. The monoisotopic (exact) mass is 241 g/mol. The topological polar surface area (TPSA) is 49.8 Å². The van der Waals surface area contributed by atoms with Gasteiger partial charge in [-0.2, -0.15) is 0 Å². The van der Waals surface area contributed by atoms with Crippen molar-refractivity contribution in [3.05, 3.63) is 0 Å². The van der Waals surface area contributed by atoms with Crippen LogP contribution < -0.4 is 0 Å². The summed E-state index contributed by atoms with van der Waals surface area (Å²) in [5.74, 6) is -0.740. The number of ether oxygens (including phenoxy) is 1. The van der Waals surface area contributed by atoms with Crippen LogP contribution in [-0.2, 0) is 9.53 Å². The maximum atomic E-state index is 10.9. The van der Waals surface area contributed by atoms with Crippen molar-refractivity contribution < 1.29 is 14.6 Å². The minimum absolute atomic E-state index is 0.118. The highest BCUT2D eigenvalue weighted by molar-refractivity contribution is 5.70. The van der Waals surface area contributed by atoms with E-state index in [1.807, 2.05) is 0 Å². The molecule has 0 aromatic carbocycles. The molecule has 1 heterocycles. The second kappa shape index (κ2) is 5.83. The zero-order valence-corrected chi connectivity index (χ0v) is 10.6. The summed E-state index contributed by atoms with van der Waals surface area (Å²) in [6.45, 7) is 1.89. The molecule has 98 valence electrons. The van der Waals surface area contributed by atoms with Crippen LogP contribution in [-0.4, -0.2) is 48.3 Å². The third kappa shape index (κ3) is 3.19. The van der Waals surface area contributed by atoms with Crippen LogP contribution in [0.25, 0.3) is 0 Å². The van der Waals surface area contributed by atoms with E-state index in [1.54, 1.807) is 7.11 Å². The quantitative estimate of drug-likeness (QED) is 0.817. The molecule has 1 N–H and O–H groups in total. The molecule has 1 saturated carbocycles. The van der Waals surface area contributed by atoms with E-state index in [0.29, 0.717) is 12.1 Å². The number of likely N-dealkylation sites (tertiary alicyclic amines) is 1. The van der Waals surface area contributed by atoms with Crippen LogP contribution in [0.1, 0.15) is 38.5 Å². The maximum absolute atomic E-state index is 10.9. The molecule has 2 unspecified atom stereocenters. The van der Waals surface area contributed by atoms with Gasteiger partial charge in [-0.3, -0.25) is 4.79 Å². The molecule has 0 bridgehead atoms. The average molecular weight is 241 g/mol. The first-order chi connectivity index (χ1) is 8.20. The lowest BCUT2D eigenvalue weighted by Crippen LogP contribution is -2.45. The van der Waals surface area contributed by atoms with Crippen LogP contribution in [0.15, 0.2) is 0 Å². The molecule has 0 amide bonds. The van der Waals surface area contributed by atoms with Crippen LogP contribution in [0, 0.1) is 5.92 Å². The van der Waals surface area contributed by atoms with Crippen molar-refractivity contribution in [1.82, 2.24) is 4.90 Å². The van der Waals surface area contributed by atoms with Crippen molar-refractivity contribution in [2.75, 3.05) is 20.2 Å². The van der Waals surface area contributed by atoms with Gasteiger partial charge < -0.3 is 14.7 Å². The third-order valence-electron chi connectivity index (χ3n) is 4.33. The van der Waals surface area contributed by atoms with E-state index in [9.17, 15) is 4.79 Å². The molecule has 2 aliphatic rings. The Morgan fingerprint density at radius 1 is 1.24 bits per heavy atom. The lowest BCUT2D eigenvalue weighted by molar-refractivity contribution is -0.143. The first kappa shape index (κ1) is 12.8. The molecule has 0 aromatic rings. The lowest BCUT2D eigenvalue weighted by Gasteiger charge is -2.40. The molecule has 1 aliphatic carbocycles. The Labute approximate surface area is 103 Å². The molecule has 4 heteroatoms. The summed E-state index contributed by atoms with van der Waals surface area (Å²) in [6.07, 6.45) is 6.81.